The highest BCUT2D eigenvalue weighted by Gasteiger charge is 2.52. The van der Waals surface area contributed by atoms with E-state index < -0.39 is 92.3 Å². The highest BCUT2D eigenvalue weighted by molar-refractivity contribution is 5.74. The highest BCUT2D eigenvalue weighted by atomic mass is 16.7. The molecule has 4 aliphatic rings. The minimum atomic E-state index is -1.49. The minimum Gasteiger partial charge on any atom is -0.482 e. The van der Waals surface area contributed by atoms with Gasteiger partial charge in [0.15, 0.2) is 24.8 Å². The number of hydrogen-bond acceptors (Lipinski definition) is 13. The van der Waals surface area contributed by atoms with Crippen LogP contribution in [0.25, 0.3) is 0 Å². The molecular weight excluding hydrogens is 640 g/mol. The van der Waals surface area contributed by atoms with Crippen molar-refractivity contribution < 1.29 is 63.5 Å². The van der Waals surface area contributed by atoms with Crippen LogP contribution in [0.5, 0.6) is 5.75 Å². The van der Waals surface area contributed by atoms with Crippen LogP contribution in [0.15, 0.2) is 30.3 Å². The smallest absolute Gasteiger partial charge is 0.335 e. The molecule has 0 amide bonds. The van der Waals surface area contributed by atoms with Crippen LogP contribution in [0, 0.1) is 11.8 Å². The average Bonchev–Trinajstić information content (AvgIpc) is 3.10. The SMILES string of the molecule is CCOC(=O)[C@H](CC1CCCCC1)OC1C(O)C(CO)OC(OC2CCCC(C)C2OC2OC(C)C(O)C(O)C2O)C1Oc1ccccc1. The first-order chi connectivity index (χ1) is 23.6. The van der Waals surface area contributed by atoms with E-state index in [4.69, 9.17) is 33.2 Å². The second-order valence-corrected chi connectivity index (χ2v) is 14.1. The van der Waals surface area contributed by atoms with Gasteiger partial charge in [0, 0.05) is 0 Å². The number of ether oxygens (including phenoxy) is 7. The van der Waals surface area contributed by atoms with Crippen LogP contribution in [0.3, 0.4) is 0 Å². The molecule has 1 aromatic carbocycles. The Kier molecular flexibility index (Phi) is 14.1. The van der Waals surface area contributed by atoms with Gasteiger partial charge in [-0.25, -0.2) is 4.79 Å². The van der Waals surface area contributed by atoms with E-state index in [0.29, 0.717) is 18.6 Å². The molecule has 2 saturated heterocycles. The van der Waals surface area contributed by atoms with E-state index in [2.05, 4.69) is 0 Å². The third kappa shape index (κ3) is 9.50. The molecular formula is C36H56O13. The number of carbonyl (C=O) groups excluding carboxylic acids is 1. The van der Waals surface area contributed by atoms with Crippen molar-refractivity contribution in [1.82, 2.24) is 0 Å². The Morgan fingerprint density at radius 1 is 0.816 bits per heavy atom. The Morgan fingerprint density at radius 3 is 2.24 bits per heavy atom. The van der Waals surface area contributed by atoms with E-state index in [-0.39, 0.29) is 18.4 Å². The minimum absolute atomic E-state index is 0.0547. The van der Waals surface area contributed by atoms with Crippen molar-refractivity contribution >= 4 is 5.97 Å². The zero-order valence-corrected chi connectivity index (χ0v) is 28.8. The number of aliphatic hydroxyl groups is 5. The molecule has 13 nitrogen and oxygen atoms in total. The number of para-hydroxylation sites is 1. The van der Waals surface area contributed by atoms with Gasteiger partial charge in [-0.3, -0.25) is 0 Å². The molecule has 0 spiro atoms. The van der Waals surface area contributed by atoms with Crippen LogP contribution in [0.1, 0.15) is 78.6 Å². The van der Waals surface area contributed by atoms with E-state index >= 15 is 0 Å². The number of aliphatic hydroxyl groups excluding tert-OH is 5. The maximum atomic E-state index is 13.3. The van der Waals surface area contributed by atoms with Crippen molar-refractivity contribution in [2.45, 2.75) is 158 Å². The summed E-state index contributed by atoms with van der Waals surface area (Å²) in [6, 6.07) is 8.95. The molecule has 13 heteroatoms. The summed E-state index contributed by atoms with van der Waals surface area (Å²) in [4.78, 5) is 13.3. The van der Waals surface area contributed by atoms with Gasteiger partial charge in [-0.1, -0.05) is 63.6 Å². The largest absolute Gasteiger partial charge is 0.482 e. The number of carbonyl (C=O) groups is 1. The van der Waals surface area contributed by atoms with E-state index in [1.54, 1.807) is 38.1 Å². The first kappa shape index (κ1) is 38.3. The van der Waals surface area contributed by atoms with Gasteiger partial charge in [-0.05, 0) is 57.1 Å². The summed E-state index contributed by atoms with van der Waals surface area (Å²) >= 11 is 0. The molecule has 0 aromatic heterocycles. The second-order valence-electron chi connectivity index (χ2n) is 14.1. The van der Waals surface area contributed by atoms with Crippen LogP contribution in [0.2, 0.25) is 0 Å². The van der Waals surface area contributed by atoms with Gasteiger partial charge in [0.25, 0.3) is 0 Å². The van der Waals surface area contributed by atoms with Crippen molar-refractivity contribution in [3.63, 3.8) is 0 Å². The zero-order valence-electron chi connectivity index (χ0n) is 28.8. The lowest BCUT2D eigenvalue weighted by molar-refractivity contribution is -0.346. The molecule has 0 radical (unpaired) electrons. The summed E-state index contributed by atoms with van der Waals surface area (Å²) in [6.45, 7) is 4.94. The third-order valence-electron chi connectivity index (χ3n) is 10.4. The lowest BCUT2D eigenvalue weighted by Gasteiger charge is -2.48. The molecule has 14 atom stereocenters. The van der Waals surface area contributed by atoms with Crippen molar-refractivity contribution in [1.29, 1.82) is 0 Å². The van der Waals surface area contributed by atoms with Gasteiger partial charge in [0.05, 0.1) is 31.5 Å². The van der Waals surface area contributed by atoms with E-state index in [0.717, 1.165) is 44.9 Å². The van der Waals surface area contributed by atoms with Gasteiger partial charge in [0.1, 0.15) is 42.4 Å². The highest BCUT2D eigenvalue weighted by Crippen LogP contribution is 2.37. The summed E-state index contributed by atoms with van der Waals surface area (Å²) in [7, 11) is 0. The average molecular weight is 697 g/mol. The molecule has 2 saturated carbocycles. The summed E-state index contributed by atoms with van der Waals surface area (Å²) in [5, 5.41) is 53.2. The molecule has 2 heterocycles. The van der Waals surface area contributed by atoms with Crippen LogP contribution in [-0.2, 0) is 33.2 Å². The number of benzene rings is 1. The second kappa shape index (κ2) is 18.0. The topological polar surface area (TPSA) is 183 Å². The lowest BCUT2D eigenvalue weighted by Crippen LogP contribution is -2.64. The van der Waals surface area contributed by atoms with Gasteiger partial charge >= 0.3 is 5.97 Å². The standard InChI is InChI=1S/C36H56O13/c1-4-43-34(42)25(18-22-13-7-5-8-14-22)46-32-28(39)26(19-37)48-36(33(32)45-23-15-9-6-10-16-23)47-24-17-11-12-20(2)31(24)49-35-30(41)29(40)27(38)21(3)44-35/h6,9-10,15-16,20-22,24-33,35-41H,4-5,7-8,11-14,17-19H2,1-3H3/t20?,21?,24?,25-,26?,27?,28?,29?,30?,31?,32?,33?,35?,36?/m0/s1. The van der Waals surface area contributed by atoms with Crippen LogP contribution >= 0.6 is 0 Å². The van der Waals surface area contributed by atoms with E-state index in [9.17, 15) is 30.3 Å². The van der Waals surface area contributed by atoms with E-state index in [1.165, 1.54) is 0 Å². The molecule has 2 aliphatic heterocycles. The zero-order chi connectivity index (χ0) is 35.1. The fourth-order valence-electron chi connectivity index (χ4n) is 7.60. The summed E-state index contributed by atoms with van der Waals surface area (Å²) in [5.41, 5.74) is 0. The predicted octanol–water partition coefficient (Wildman–Crippen LogP) is 2.22. The molecule has 13 unspecified atom stereocenters. The van der Waals surface area contributed by atoms with Gasteiger partial charge < -0.3 is 58.7 Å². The molecule has 5 N–H and O–H groups in total. The monoisotopic (exact) mass is 696 g/mol. The summed E-state index contributed by atoms with van der Waals surface area (Å²) in [5.74, 6) is 0.139. The quantitative estimate of drug-likeness (QED) is 0.190. The number of esters is 1. The van der Waals surface area contributed by atoms with E-state index in [1.807, 2.05) is 13.0 Å². The van der Waals surface area contributed by atoms with Gasteiger partial charge in [0.2, 0.25) is 0 Å². The molecule has 2 aliphatic carbocycles. The maximum Gasteiger partial charge on any atom is 0.335 e. The molecule has 4 fully saturated rings. The van der Waals surface area contributed by atoms with Gasteiger partial charge in [-0.15, -0.1) is 0 Å². The van der Waals surface area contributed by atoms with Gasteiger partial charge in [-0.2, -0.15) is 0 Å². The first-order valence-corrected chi connectivity index (χ1v) is 18.1. The summed E-state index contributed by atoms with van der Waals surface area (Å²) < 4.78 is 43.3. The Labute approximate surface area is 288 Å². The molecule has 49 heavy (non-hydrogen) atoms. The van der Waals surface area contributed by atoms with Crippen LogP contribution < -0.4 is 4.74 Å². The van der Waals surface area contributed by atoms with Crippen molar-refractivity contribution in [3.05, 3.63) is 30.3 Å². The number of hydrogen-bond donors (Lipinski definition) is 5. The normalized spacial score (nSPS) is 39.6. The Balaban J connectivity index is 1.42. The van der Waals surface area contributed by atoms with Crippen molar-refractivity contribution in [2.24, 2.45) is 11.8 Å². The van der Waals surface area contributed by atoms with Crippen LogP contribution in [0.4, 0.5) is 0 Å². The number of rotatable bonds is 13. The predicted molar refractivity (Wildman–Crippen MR) is 174 cm³/mol. The lowest BCUT2D eigenvalue weighted by atomic mass is 9.85. The Morgan fingerprint density at radius 2 is 1.55 bits per heavy atom. The fourth-order valence-corrected chi connectivity index (χ4v) is 7.60. The summed E-state index contributed by atoms with van der Waals surface area (Å²) in [6.07, 6.45) is -6.55. The Hall–Kier alpha value is -1.91. The molecule has 1 aromatic rings. The molecule has 5 rings (SSSR count). The third-order valence-corrected chi connectivity index (χ3v) is 10.4. The van der Waals surface area contributed by atoms with Crippen molar-refractivity contribution in [3.8, 4) is 5.75 Å². The van der Waals surface area contributed by atoms with Crippen molar-refractivity contribution in [2.75, 3.05) is 13.2 Å². The molecule has 278 valence electrons. The maximum absolute atomic E-state index is 13.3. The Bertz CT molecular complexity index is 1140. The first-order valence-electron chi connectivity index (χ1n) is 18.1. The fraction of sp³-hybridized carbons (Fsp3) is 0.806. The van der Waals surface area contributed by atoms with Crippen LogP contribution in [-0.4, -0.2) is 124 Å². The molecule has 0 bridgehead atoms.